The lowest BCUT2D eigenvalue weighted by Crippen LogP contribution is -2.22. The summed E-state index contributed by atoms with van der Waals surface area (Å²) in [5.74, 6) is -1.59. The summed E-state index contributed by atoms with van der Waals surface area (Å²) >= 11 is 1.15. The van der Waals surface area contributed by atoms with Crippen molar-refractivity contribution < 1.29 is 28.4 Å². The first-order valence-electron chi connectivity index (χ1n) is 8.32. The van der Waals surface area contributed by atoms with Gasteiger partial charge in [-0.05, 0) is 32.0 Å². The van der Waals surface area contributed by atoms with Crippen LogP contribution in [0.2, 0.25) is 0 Å². The van der Waals surface area contributed by atoms with Gasteiger partial charge in [0.2, 0.25) is 5.76 Å². The highest BCUT2D eigenvalue weighted by molar-refractivity contribution is 7.16. The van der Waals surface area contributed by atoms with Crippen LogP contribution in [0, 0.1) is 6.92 Å². The van der Waals surface area contributed by atoms with Gasteiger partial charge in [-0.25, -0.2) is 4.79 Å². The zero-order chi connectivity index (χ0) is 20.3. The summed E-state index contributed by atoms with van der Waals surface area (Å²) in [6, 6.07) is 6.37. The maximum Gasteiger partial charge on any atom is 0.338 e. The number of rotatable bonds is 5. The van der Waals surface area contributed by atoms with Crippen molar-refractivity contribution in [1.29, 1.82) is 0 Å². The maximum absolute atomic E-state index is 12.4. The third kappa shape index (κ3) is 4.01. The quantitative estimate of drug-likeness (QED) is 0.599. The second-order valence-electron chi connectivity index (χ2n) is 5.70. The number of amides is 1. The molecule has 1 amide bonds. The average Bonchev–Trinajstić information content (AvgIpc) is 3.25. The molecule has 0 unspecified atom stereocenters. The second kappa shape index (κ2) is 8.17. The van der Waals surface area contributed by atoms with E-state index in [0.29, 0.717) is 21.5 Å². The minimum Gasteiger partial charge on any atom is -0.468 e. The molecular weight excluding hydrogens is 386 g/mol. The summed E-state index contributed by atoms with van der Waals surface area (Å²) in [5, 5.41) is 3.67. The molecule has 2 aromatic heterocycles. The summed E-state index contributed by atoms with van der Waals surface area (Å²) in [6.45, 7) is 3.53. The molecule has 146 valence electrons. The SMILES string of the molecule is CCOC(=O)c1ccc2c(c1)sc(=NC(=O)c1cc(C)no1)n2CC(=O)OC. The molecule has 3 rings (SSSR count). The largest absolute Gasteiger partial charge is 0.468 e. The zero-order valence-corrected chi connectivity index (χ0v) is 16.2. The number of aromatic nitrogens is 2. The minimum absolute atomic E-state index is 0.00760. The van der Waals surface area contributed by atoms with E-state index in [-0.39, 0.29) is 23.7 Å². The van der Waals surface area contributed by atoms with E-state index in [1.54, 1.807) is 36.6 Å². The van der Waals surface area contributed by atoms with E-state index in [1.165, 1.54) is 13.2 Å². The molecule has 0 aliphatic rings. The summed E-state index contributed by atoms with van der Waals surface area (Å²) in [7, 11) is 1.27. The molecule has 0 fully saturated rings. The second-order valence-corrected chi connectivity index (χ2v) is 6.71. The van der Waals surface area contributed by atoms with E-state index in [9.17, 15) is 14.4 Å². The fourth-order valence-electron chi connectivity index (χ4n) is 2.45. The third-order valence-electron chi connectivity index (χ3n) is 3.74. The number of ether oxygens (including phenoxy) is 2. The third-order valence-corrected chi connectivity index (χ3v) is 4.79. The minimum atomic E-state index is -0.628. The number of esters is 2. The van der Waals surface area contributed by atoms with E-state index in [0.717, 1.165) is 11.3 Å². The van der Waals surface area contributed by atoms with Gasteiger partial charge in [0.1, 0.15) is 6.54 Å². The lowest BCUT2D eigenvalue weighted by molar-refractivity contribution is -0.141. The molecule has 0 spiro atoms. The number of aryl methyl sites for hydroxylation is 1. The lowest BCUT2D eigenvalue weighted by Gasteiger charge is -2.04. The highest BCUT2D eigenvalue weighted by atomic mass is 32.1. The van der Waals surface area contributed by atoms with Crippen LogP contribution in [-0.4, -0.2) is 41.3 Å². The van der Waals surface area contributed by atoms with Crippen LogP contribution in [0.25, 0.3) is 10.2 Å². The first kappa shape index (κ1) is 19.5. The van der Waals surface area contributed by atoms with Gasteiger partial charge in [-0.15, -0.1) is 0 Å². The fourth-order valence-corrected chi connectivity index (χ4v) is 3.52. The van der Waals surface area contributed by atoms with Crippen LogP contribution < -0.4 is 4.80 Å². The molecule has 28 heavy (non-hydrogen) atoms. The topological polar surface area (TPSA) is 113 Å². The van der Waals surface area contributed by atoms with Crippen molar-refractivity contribution in [3.05, 3.63) is 46.1 Å². The van der Waals surface area contributed by atoms with Gasteiger partial charge in [-0.2, -0.15) is 4.99 Å². The Kier molecular flexibility index (Phi) is 5.69. The van der Waals surface area contributed by atoms with Crippen LogP contribution >= 0.6 is 11.3 Å². The van der Waals surface area contributed by atoms with E-state index in [4.69, 9.17) is 14.0 Å². The number of nitrogens with zero attached hydrogens (tertiary/aromatic N) is 3. The van der Waals surface area contributed by atoms with Gasteiger partial charge >= 0.3 is 17.8 Å². The van der Waals surface area contributed by atoms with E-state index < -0.39 is 17.8 Å². The predicted molar refractivity (Wildman–Crippen MR) is 98.9 cm³/mol. The summed E-state index contributed by atoms with van der Waals surface area (Å²) < 4.78 is 16.9. The Morgan fingerprint density at radius 2 is 2.07 bits per heavy atom. The van der Waals surface area contributed by atoms with Crippen LogP contribution in [0.4, 0.5) is 0 Å². The van der Waals surface area contributed by atoms with Crippen LogP contribution in [-0.2, 0) is 20.8 Å². The van der Waals surface area contributed by atoms with E-state index in [2.05, 4.69) is 10.1 Å². The number of thiazole rings is 1. The maximum atomic E-state index is 12.4. The Hall–Kier alpha value is -3.27. The van der Waals surface area contributed by atoms with E-state index >= 15 is 0 Å². The molecule has 0 bridgehead atoms. The summed E-state index contributed by atoms with van der Waals surface area (Å²) in [6.07, 6.45) is 0. The van der Waals surface area contributed by atoms with Crippen molar-refractivity contribution in [3.8, 4) is 0 Å². The van der Waals surface area contributed by atoms with Crippen molar-refractivity contribution >= 4 is 39.4 Å². The number of methoxy groups -OCH3 is 1. The van der Waals surface area contributed by atoms with Gasteiger partial charge in [-0.1, -0.05) is 16.5 Å². The molecule has 0 radical (unpaired) electrons. The number of carbonyl (C=O) groups is 3. The molecule has 10 heteroatoms. The Balaban J connectivity index is 2.12. The van der Waals surface area contributed by atoms with Crippen LogP contribution in [0.5, 0.6) is 0 Å². The van der Waals surface area contributed by atoms with Crippen molar-refractivity contribution in [1.82, 2.24) is 9.72 Å². The number of carbonyl (C=O) groups excluding carboxylic acids is 3. The lowest BCUT2D eigenvalue weighted by atomic mass is 10.2. The molecule has 0 saturated carbocycles. The summed E-state index contributed by atoms with van der Waals surface area (Å²) in [5.41, 5.74) is 1.55. The molecular formula is C18H17N3O6S. The Labute approximate surface area is 163 Å². The van der Waals surface area contributed by atoms with E-state index in [1.807, 2.05) is 0 Å². The molecule has 0 N–H and O–H groups in total. The highest BCUT2D eigenvalue weighted by Gasteiger charge is 2.16. The van der Waals surface area contributed by atoms with Crippen molar-refractivity contribution in [2.24, 2.45) is 4.99 Å². The first-order valence-corrected chi connectivity index (χ1v) is 9.14. The van der Waals surface area contributed by atoms with Gasteiger partial charge in [-0.3, -0.25) is 9.59 Å². The molecule has 9 nitrogen and oxygen atoms in total. The Morgan fingerprint density at radius 3 is 2.71 bits per heavy atom. The van der Waals surface area contributed by atoms with Crippen molar-refractivity contribution in [3.63, 3.8) is 0 Å². The van der Waals surface area contributed by atoms with Gasteiger partial charge in [0.05, 0.1) is 35.2 Å². The number of benzene rings is 1. The van der Waals surface area contributed by atoms with Gasteiger partial charge in [0, 0.05) is 6.07 Å². The predicted octanol–water partition coefficient (Wildman–Crippen LogP) is 2.09. The van der Waals surface area contributed by atoms with Crippen molar-refractivity contribution in [2.45, 2.75) is 20.4 Å². The normalized spacial score (nSPS) is 11.6. The smallest absolute Gasteiger partial charge is 0.338 e. The summed E-state index contributed by atoms with van der Waals surface area (Å²) in [4.78, 5) is 40.5. The molecule has 2 heterocycles. The van der Waals surface area contributed by atoms with Crippen LogP contribution in [0.15, 0.2) is 33.8 Å². The molecule has 1 aromatic carbocycles. The van der Waals surface area contributed by atoms with Gasteiger partial charge in [0.25, 0.3) is 0 Å². The fraction of sp³-hybridized carbons (Fsp3) is 0.278. The average molecular weight is 403 g/mol. The number of hydrogen-bond acceptors (Lipinski definition) is 8. The Morgan fingerprint density at radius 1 is 1.29 bits per heavy atom. The highest BCUT2D eigenvalue weighted by Crippen LogP contribution is 2.20. The standard InChI is InChI=1S/C18H17N3O6S/c1-4-26-17(24)11-5-6-12-14(8-11)28-18(21(12)9-15(22)25-3)19-16(23)13-7-10(2)20-27-13/h5-8H,4,9H2,1-3H3. The molecule has 3 aromatic rings. The first-order chi connectivity index (χ1) is 13.4. The molecule has 0 saturated heterocycles. The number of fused-ring (bicyclic) bond motifs is 1. The molecule has 0 aliphatic carbocycles. The van der Waals surface area contributed by atoms with Crippen molar-refractivity contribution in [2.75, 3.05) is 13.7 Å². The zero-order valence-electron chi connectivity index (χ0n) is 15.4. The van der Waals surface area contributed by atoms with Crippen LogP contribution in [0.1, 0.15) is 33.5 Å². The Bertz CT molecular complexity index is 1120. The van der Waals surface area contributed by atoms with Gasteiger partial charge < -0.3 is 18.6 Å². The number of hydrogen-bond donors (Lipinski definition) is 0. The molecule has 0 atom stereocenters. The van der Waals surface area contributed by atoms with Gasteiger partial charge in [0.15, 0.2) is 4.80 Å². The molecule has 0 aliphatic heterocycles. The van der Waals surface area contributed by atoms with Crippen LogP contribution in [0.3, 0.4) is 0 Å². The monoisotopic (exact) mass is 403 g/mol.